The van der Waals surface area contributed by atoms with Gasteiger partial charge in [0.25, 0.3) is 0 Å². The fraction of sp³-hybridized carbons (Fsp3) is 1.00. The molecule has 12 heteroatoms. The van der Waals surface area contributed by atoms with Crippen LogP contribution in [-0.4, -0.2) is 112 Å². The van der Waals surface area contributed by atoms with E-state index in [-0.39, 0.29) is 46.3 Å². The zero-order chi connectivity index (χ0) is 32.2. The second-order valence-corrected chi connectivity index (χ2v) is 17.1. The second-order valence-electron chi connectivity index (χ2n) is 16.0. The Morgan fingerprint density at radius 2 is 1.53 bits per heavy atom. The summed E-state index contributed by atoms with van der Waals surface area (Å²) in [4.78, 5) is 0. The van der Waals surface area contributed by atoms with Gasteiger partial charge in [0.05, 0.1) is 18.8 Å². The quantitative estimate of drug-likeness (QED) is 0.132. The van der Waals surface area contributed by atoms with Crippen LogP contribution >= 0.6 is 0 Å². The molecule has 4 aliphatic carbocycles. The molecule has 5 aliphatic rings. The van der Waals surface area contributed by atoms with Crippen LogP contribution in [0.1, 0.15) is 105 Å². The number of hydrogen-bond acceptors (Lipinski definition) is 9. The van der Waals surface area contributed by atoms with Crippen molar-refractivity contribution >= 4 is 40.0 Å². The molecule has 5 fully saturated rings. The molecule has 1 heterocycles. The maximum atomic E-state index is 12.2. The van der Waals surface area contributed by atoms with Gasteiger partial charge in [0.15, 0.2) is 6.29 Å². The molecule has 257 valence electrons. The van der Waals surface area contributed by atoms with Crippen molar-refractivity contribution in [3.8, 4) is 0 Å². The molecule has 45 heavy (non-hydrogen) atoms. The van der Waals surface area contributed by atoms with Crippen LogP contribution in [0, 0.1) is 52.3 Å². The molecule has 10 nitrogen and oxygen atoms in total. The molecule has 0 aromatic carbocycles. The van der Waals surface area contributed by atoms with Crippen LogP contribution in [0.15, 0.2) is 0 Å². The molecular weight excluding hydrogens is 611 g/mol. The first-order valence-electron chi connectivity index (χ1n) is 17.2. The Kier molecular flexibility index (Phi) is 12.7. The summed E-state index contributed by atoms with van der Waals surface area (Å²) in [6.45, 7) is 11.2. The third kappa shape index (κ3) is 7.70. The first-order valence-corrected chi connectivity index (χ1v) is 18.6. The van der Waals surface area contributed by atoms with Crippen LogP contribution in [0.5, 0.6) is 0 Å². The van der Waals surface area contributed by atoms with Crippen LogP contribution in [0.25, 0.3) is 0 Å². The first-order chi connectivity index (χ1) is 20.6. The molecule has 1 aliphatic heterocycles. The molecule has 10 unspecified atom stereocenters. The number of fused-ring (bicyclic) bond motifs is 5. The summed E-state index contributed by atoms with van der Waals surface area (Å²) in [5.41, 5.74) is 0.00345. The normalized spacial score (nSPS) is 47.4. The number of hydrogen-bond donors (Lipinski definition) is 5. The van der Waals surface area contributed by atoms with Crippen molar-refractivity contribution in [2.45, 2.75) is 148 Å². The summed E-state index contributed by atoms with van der Waals surface area (Å²) in [6, 6.07) is 0. The zero-order valence-corrected chi connectivity index (χ0v) is 31.1. The minimum atomic E-state index is -4.69. The summed E-state index contributed by atoms with van der Waals surface area (Å²) in [5.74, 6) is 3.06. The standard InChI is InChI=1S/C33H58O10S.Na/c1-18(2)7-6-8-19(3)22-9-10-23-21-16-26(43-44(38,39)40)25-15-20(11-13-33(25,5)24(21)12-14-32(22,23)4)41-31-30(37)29(36)28(35)27(17-34)42-31;/h18-31,34-37H,6-17H2,1-5H3,(H,38,39,40);/t19-,20+,21+,22?,23?,24?,25?,26?,27?,28?,29?,30?,31?,32-,33-;/m1./s1. The monoisotopic (exact) mass is 669 g/mol. The van der Waals surface area contributed by atoms with E-state index in [1.54, 1.807) is 0 Å². The predicted molar refractivity (Wildman–Crippen MR) is 169 cm³/mol. The summed E-state index contributed by atoms with van der Waals surface area (Å²) in [7, 11) is -4.69. The van der Waals surface area contributed by atoms with Crippen molar-refractivity contribution in [3.05, 3.63) is 0 Å². The summed E-state index contributed by atoms with van der Waals surface area (Å²) >= 11 is 0. The maximum Gasteiger partial charge on any atom is 0.397 e. The fourth-order valence-electron chi connectivity index (χ4n) is 11.0. The van der Waals surface area contributed by atoms with Gasteiger partial charge in [-0.25, -0.2) is 4.18 Å². The minimum Gasteiger partial charge on any atom is -0.394 e. The van der Waals surface area contributed by atoms with Gasteiger partial charge in [-0.05, 0) is 104 Å². The van der Waals surface area contributed by atoms with E-state index >= 15 is 0 Å². The second kappa shape index (κ2) is 14.9. The van der Waals surface area contributed by atoms with E-state index in [9.17, 15) is 33.4 Å². The Morgan fingerprint density at radius 1 is 0.867 bits per heavy atom. The molecule has 5 rings (SSSR count). The molecule has 0 amide bonds. The van der Waals surface area contributed by atoms with Crippen LogP contribution < -0.4 is 0 Å². The Labute approximate surface area is 292 Å². The van der Waals surface area contributed by atoms with E-state index in [1.165, 1.54) is 32.1 Å². The van der Waals surface area contributed by atoms with E-state index in [4.69, 9.17) is 13.7 Å². The largest absolute Gasteiger partial charge is 0.397 e. The van der Waals surface area contributed by atoms with Gasteiger partial charge in [-0.3, -0.25) is 4.55 Å². The van der Waals surface area contributed by atoms with Gasteiger partial charge < -0.3 is 29.9 Å². The molecule has 1 saturated heterocycles. The van der Waals surface area contributed by atoms with Crippen molar-refractivity contribution in [3.63, 3.8) is 0 Å². The maximum absolute atomic E-state index is 12.2. The number of rotatable bonds is 10. The molecular formula is C33H58NaO10S. The average molecular weight is 670 g/mol. The molecule has 0 bridgehead atoms. The van der Waals surface area contributed by atoms with E-state index in [0.29, 0.717) is 48.9 Å². The van der Waals surface area contributed by atoms with Gasteiger partial charge in [0, 0.05) is 29.6 Å². The third-order valence-electron chi connectivity index (χ3n) is 13.2. The fourth-order valence-corrected chi connectivity index (χ4v) is 11.5. The first kappa shape index (κ1) is 38.4. The van der Waals surface area contributed by atoms with Gasteiger partial charge in [0.2, 0.25) is 0 Å². The molecule has 1 radical (unpaired) electrons. The number of ether oxygens (including phenoxy) is 2. The van der Waals surface area contributed by atoms with E-state index < -0.39 is 59.9 Å². The third-order valence-corrected chi connectivity index (χ3v) is 13.7. The molecule has 0 aromatic rings. The number of aliphatic hydroxyl groups excluding tert-OH is 4. The Balaban J connectivity index is 0.00000461. The minimum absolute atomic E-state index is 0. The molecule has 0 spiro atoms. The van der Waals surface area contributed by atoms with Crippen molar-refractivity contribution < 1.29 is 47.1 Å². The Morgan fingerprint density at radius 3 is 2.18 bits per heavy atom. The molecule has 15 atom stereocenters. The Bertz CT molecular complexity index is 1090. The summed E-state index contributed by atoms with van der Waals surface area (Å²) < 4.78 is 51.5. The molecule has 0 aromatic heterocycles. The SMILES string of the molecule is CC(C)CCC[C@@H](C)C1CCC2[C@@H]3CC(OS(=O)(=O)O)C4C[C@@H](OC5OC(CO)C(O)C(O)C5O)CC[C@]4(C)C3CC[C@@]21C.[Na]. The van der Waals surface area contributed by atoms with Crippen molar-refractivity contribution in [2.75, 3.05) is 6.61 Å². The van der Waals surface area contributed by atoms with Crippen molar-refractivity contribution in [2.24, 2.45) is 52.3 Å². The van der Waals surface area contributed by atoms with E-state index in [2.05, 4.69) is 34.6 Å². The Hall–Kier alpha value is 0.630. The van der Waals surface area contributed by atoms with Crippen LogP contribution in [-0.2, 0) is 24.1 Å². The van der Waals surface area contributed by atoms with Gasteiger partial charge >= 0.3 is 10.4 Å². The van der Waals surface area contributed by atoms with Gasteiger partial charge in [-0.1, -0.05) is 53.9 Å². The summed E-state index contributed by atoms with van der Waals surface area (Å²) in [6.07, 6.45) is 2.94. The van der Waals surface area contributed by atoms with Crippen LogP contribution in [0.4, 0.5) is 0 Å². The van der Waals surface area contributed by atoms with Crippen molar-refractivity contribution in [1.82, 2.24) is 0 Å². The van der Waals surface area contributed by atoms with Crippen LogP contribution in [0.2, 0.25) is 0 Å². The summed E-state index contributed by atoms with van der Waals surface area (Å²) in [5, 5.41) is 40.6. The topological polar surface area (TPSA) is 163 Å². The average Bonchev–Trinajstić information content (AvgIpc) is 3.30. The van der Waals surface area contributed by atoms with Gasteiger partial charge in [0.1, 0.15) is 24.4 Å². The molecule has 5 N–H and O–H groups in total. The van der Waals surface area contributed by atoms with Crippen LogP contribution in [0.3, 0.4) is 0 Å². The smallest absolute Gasteiger partial charge is 0.394 e. The van der Waals surface area contributed by atoms with E-state index in [1.807, 2.05) is 0 Å². The van der Waals surface area contributed by atoms with Gasteiger partial charge in [-0.15, -0.1) is 0 Å². The predicted octanol–water partition coefficient (Wildman–Crippen LogP) is 3.71. The molecule has 4 saturated carbocycles. The zero-order valence-electron chi connectivity index (χ0n) is 28.3. The van der Waals surface area contributed by atoms with Crippen molar-refractivity contribution in [1.29, 1.82) is 0 Å². The van der Waals surface area contributed by atoms with E-state index in [0.717, 1.165) is 25.2 Å². The van der Waals surface area contributed by atoms with Gasteiger partial charge in [-0.2, -0.15) is 8.42 Å². The number of aliphatic hydroxyl groups is 4.